The Morgan fingerprint density at radius 2 is 1.77 bits per heavy atom. The summed E-state index contributed by atoms with van der Waals surface area (Å²) in [5.41, 5.74) is 2.04. The van der Waals surface area contributed by atoms with Gasteiger partial charge in [0.1, 0.15) is 5.70 Å². The molecule has 0 saturated carbocycles. The van der Waals surface area contributed by atoms with Crippen LogP contribution in [0.15, 0.2) is 35.5 Å². The summed E-state index contributed by atoms with van der Waals surface area (Å²) in [7, 11) is 0. The molecule has 2 N–H and O–H groups in total. The Morgan fingerprint density at radius 3 is 2.42 bits per heavy atom. The number of hydrogen-bond donors (Lipinski definition) is 1. The van der Waals surface area contributed by atoms with E-state index in [2.05, 4.69) is 9.80 Å². The topological polar surface area (TPSA) is 92.8 Å². The van der Waals surface area contributed by atoms with E-state index >= 15 is 0 Å². The number of fused-ring (bicyclic) bond motifs is 1. The molecule has 0 amide bonds. The van der Waals surface area contributed by atoms with Crippen LogP contribution in [0.5, 0.6) is 0 Å². The number of piperazine rings is 1. The van der Waals surface area contributed by atoms with Crippen LogP contribution in [0.3, 0.4) is 0 Å². The largest absolute Gasteiger partial charge is 0.609 e. The molecule has 1 unspecified atom stereocenters. The Balaban J connectivity index is 1.29. The highest BCUT2D eigenvalue weighted by molar-refractivity contribution is 6.26. The van der Waals surface area contributed by atoms with Gasteiger partial charge in [-0.15, -0.1) is 0 Å². The van der Waals surface area contributed by atoms with E-state index in [1.54, 1.807) is 31.2 Å². The van der Waals surface area contributed by atoms with E-state index in [9.17, 15) is 14.8 Å². The van der Waals surface area contributed by atoms with Crippen LogP contribution in [0.1, 0.15) is 46.9 Å². The van der Waals surface area contributed by atoms with E-state index in [4.69, 9.17) is 4.74 Å². The normalized spacial score (nSPS) is 22.8. The highest BCUT2D eigenvalue weighted by Crippen LogP contribution is 2.26. The Labute approximate surface area is 183 Å². The average molecular weight is 429 g/mol. The van der Waals surface area contributed by atoms with Crippen LogP contribution in [-0.4, -0.2) is 84.9 Å². The molecule has 0 spiro atoms. The molecule has 0 aromatic heterocycles. The highest BCUT2D eigenvalue weighted by Gasteiger charge is 2.33. The third kappa shape index (κ3) is 4.88. The van der Waals surface area contributed by atoms with Gasteiger partial charge in [0.15, 0.2) is 5.78 Å². The molecule has 8 nitrogen and oxygen atoms in total. The zero-order valence-corrected chi connectivity index (χ0v) is 18.2. The minimum Gasteiger partial charge on any atom is -0.609 e. The molecule has 168 valence electrons. The monoisotopic (exact) mass is 428 g/mol. The molecule has 31 heavy (non-hydrogen) atoms. The van der Waals surface area contributed by atoms with Crippen molar-refractivity contribution in [2.24, 2.45) is 0 Å². The first-order valence-electron chi connectivity index (χ1n) is 11.3. The smallest absolute Gasteiger partial charge is 0.215 e. The lowest BCUT2D eigenvalue weighted by atomic mass is 9.87. The number of benzene rings is 1. The first kappa shape index (κ1) is 22.1. The molecule has 8 heteroatoms. The van der Waals surface area contributed by atoms with Crippen molar-refractivity contribution < 1.29 is 19.9 Å². The fourth-order valence-electron chi connectivity index (χ4n) is 4.79. The summed E-state index contributed by atoms with van der Waals surface area (Å²) in [5.74, 6) is -0.429. The van der Waals surface area contributed by atoms with Gasteiger partial charge in [0.2, 0.25) is 5.78 Å². The van der Waals surface area contributed by atoms with Crippen molar-refractivity contribution in [1.29, 1.82) is 0 Å². The van der Waals surface area contributed by atoms with Crippen LogP contribution in [0.25, 0.3) is 0 Å². The van der Waals surface area contributed by atoms with E-state index in [1.807, 2.05) is 0 Å². The third-order valence-electron chi connectivity index (χ3n) is 6.57. The molecule has 2 saturated heterocycles. The number of ketones is 2. The van der Waals surface area contributed by atoms with Crippen LogP contribution < -0.4 is 5.59 Å². The molecule has 0 bridgehead atoms. The molecule has 1 atom stereocenters. The zero-order chi connectivity index (χ0) is 21.8. The fourth-order valence-corrected chi connectivity index (χ4v) is 4.79. The summed E-state index contributed by atoms with van der Waals surface area (Å²) in [6.45, 7) is 8.91. The standard InChI is InChI=1S/C23H32N4O4/c1-17-21(23(29)20-8-3-2-7-19(20)22(17)28)27(24-30)10-5-9-25-11-13-26(14-12-25)16-18-6-4-15-31-18/h2-3,7-8,18H,4-6,9-16,24H2,1H3. The maximum absolute atomic E-state index is 13.0. The molecular weight excluding hydrogens is 396 g/mol. The molecule has 4 rings (SSSR count). The number of nitrogens with two attached hydrogens (primary N) is 1. The van der Waals surface area contributed by atoms with Gasteiger partial charge in [-0.3, -0.25) is 20.1 Å². The number of Topliss-reactive ketones (excluding diaryl/α,β-unsaturated/α-hetero) is 2. The minimum absolute atomic E-state index is 0.181. The van der Waals surface area contributed by atoms with E-state index in [0.717, 1.165) is 52.3 Å². The molecular formula is C23H32N4O4. The van der Waals surface area contributed by atoms with Crippen molar-refractivity contribution in [1.82, 2.24) is 14.8 Å². The number of nitrogens with zero attached hydrogens (tertiary/aromatic N) is 3. The SMILES string of the molecule is CC1=C(N(CCCN2CCN(CC3CCCO3)CC2)[NH2+][O-])C(=O)c2ccccc2C1=O. The van der Waals surface area contributed by atoms with Crippen LogP contribution in [-0.2, 0) is 4.74 Å². The quantitative estimate of drug-likeness (QED) is 0.484. The van der Waals surface area contributed by atoms with E-state index in [1.165, 1.54) is 17.9 Å². The summed E-state index contributed by atoms with van der Waals surface area (Å²) < 4.78 is 5.74. The van der Waals surface area contributed by atoms with Crippen LogP contribution in [0.4, 0.5) is 0 Å². The van der Waals surface area contributed by atoms with Crippen molar-refractivity contribution in [2.45, 2.75) is 32.3 Å². The van der Waals surface area contributed by atoms with Crippen LogP contribution in [0.2, 0.25) is 0 Å². The number of quaternary nitrogens is 1. The summed E-state index contributed by atoms with van der Waals surface area (Å²) >= 11 is 0. The second-order valence-corrected chi connectivity index (χ2v) is 8.61. The fraction of sp³-hybridized carbons (Fsp3) is 0.565. The molecule has 2 fully saturated rings. The second-order valence-electron chi connectivity index (χ2n) is 8.61. The van der Waals surface area contributed by atoms with Gasteiger partial charge in [0, 0.05) is 62.6 Å². The number of rotatable bonds is 8. The average Bonchev–Trinajstić information content (AvgIpc) is 3.31. The summed E-state index contributed by atoms with van der Waals surface area (Å²) in [5, 5.41) is 13.2. The second kappa shape index (κ2) is 10.0. The number of ether oxygens (including phenoxy) is 1. The molecule has 1 aromatic carbocycles. The van der Waals surface area contributed by atoms with Crippen LogP contribution >= 0.6 is 0 Å². The van der Waals surface area contributed by atoms with Crippen LogP contribution in [0, 0.1) is 5.21 Å². The Hall–Kier alpha value is -2.10. The van der Waals surface area contributed by atoms with Gasteiger partial charge in [0.25, 0.3) is 0 Å². The van der Waals surface area contributed by atoms with Crippen molar-refractivity contribution in [3.05, 3.63) is 51.9 Å². The van der Waals surface area contributed by atoms with Crippen molar-refractivity contribution in [2.75, 3.05) is 52.4 Å². The van der Waals surface area contributed by atoms with E-state index < -0.39 is 0 Å². The lowest BCUT2D eigenvalue weighted by Gasteiger charge is -2.36. The third-order valence-corrected chi connectivity index (χ3v) is 6.57. The predicted molar refractivity (Wildman–Crippen MR) is 116 cm³/mol. The number of carbonyl (C=O) groups is 2. The van der Waals surface area contributed by atoms with E-state index in [0.29, 0.717) is 34.9 Å². The summed E-state index contributed by atoms with van der Waals surface area (Å²) in [4.78, 5) is 30.5. The lowest BCUT2D eigenvalue weighted by Crippen LogP contribution is -2.88. The molecule has 2 heterocycles. The first-order chi connectivity index (χ1) is 15.1. The zero-order valence-electron chi connectivity index (χ0n) is 18.2. The number of carbonyl (C=O) groups excluding carboxylic acids is 2. The van der Waals surface area contributed by atoms with Gasteiger partial charge in [0.05, 0.1) is 12.6 Å². The van der Waals surface area contributed by atoms with Gasteiger partial charge in [-0.25, -0.2) is 5.01 Å². The number of hydrogen-bond acceptors (Lipinski definition) is 7. The molecule has 3 aliphatic rings. The van der Waals surface area contributed by atoms with Gasteiger partial charge >= 0.3 is 0 Å². The van der Waals surface area contributed by atoms with Gasteiger partial charge < -0.3 is 14.8 Å². The molecule has 0 radical (unpaired) electrons. The molecule has 1 aliphatic carbocycles. The van der Waals surface area contributed by atoms with Gasteiger partial charge in [-0.1, -0.05) is 24.3 Å². The van der Waals surface area contributed by atoms with Crippen molar-refractivity contribution in [3.63, 3.8) is 0 Å². The summed E-state index contributed by atoms with van der Waals surface area (Å²) in [6, 6.07) is 6.81. The molecule has 1 aromatic rings. The molecule has 2 aliphatic heterocycles. The van der Waals surface area contributed by atoms with Gasteiger partial charge in [-0.2, -0.15) is 0 Å². The van der Waals surface area contributed by atoms with E-state index in [-0.39, 0.29) is 17.3 Å². The van der Waals surface area contributed by atoms with Crippen molar-refractivity contribution >= 4 is 11.6 Å². The van der Waals surface area contributed by atoms with Gasteiger partial charge in [-0.05, 0) is 26.2 Å². The Kier molecular flexibility index (Phi) is 7.14. The predicted octanol–water partition coefficient (Wildman–Crippen LogP) is 0.805. The van der Waals surface area contributed by atoms with Crippen molar-refractivity contribution in [3.8, 4) is 0 Å². The highest BCUT2D eigenvalue weighted by atomic mass is 16.5. The lowest BCUT2D eigenvalue weighted by molar-refractivity contribution is -0.741. The minimum atomic E-state index is -0.248. The first-order valence-corrected chi connectivity index (χ1v) is 11.3. The Morgan fingerprint density at radius 1 is 1.10 bits per heavy atom. The Bertz CT molecular complexity index is 842. The maximum Gasteiger partial charge on any atom is 0.215 e. The summed E-state index contributed by atoms with van der Waals surface area (Å²) in [6.07, 6.45) is 3.49. The number of allylic oxidation sites excluding steroid dienone is 2. The maximum atomic E-state index is 13.0.